The normalized spacial score (nSPS) is 19.1. The first-order chi connectivity index (χ1) is 17.6. The summed E-state index contributed by atoms with van der Waals surface area (Å²) in [6.45, 7) is 0. The Kier molecular flexibility index (Phi) is 5.93. The molecule has 2 aliphatic rings. The molecule has 0 saturated carbocycles. The van der Waals surface area contributed by atoms with Gasteiger partial charge in [0.2, 0.25) is 0 Å². The number of ketones is 1. The van der Waals surface area contributed by atoms with Crippen LogP contribution in [0.25, 0.3) is 0 Å². The molecule has 8 nitrogen and oxygen atoms in total. The number of benzene rings is 2. The molecule has 1 aromatic heterocycles. The lowest BCUT2D eigenvalue weighted by atomic mass is 9.72. The minimum absolute atomic E-state index is 0.0658. The summed E-state index contributed by atoms with van der Waals surface area (Å²) in [5.74, 6) is -0.298. The number of alkyl halides is 3. The summed E-state index contributed by atoms with van der Waals surface area (Å²) < 4.78 is 50.2. The van der Waals surface area contributed by atoms with Crippen molar-refractivity contribution in [3.05, 3.63) is 96.8 Å². The van der Waals surface area contributed by atoms with Crippen molar-refractivity contribution in [3.8, 4) is 11.5 Å². The van der Waals surface area contributed by atoms with Crippen molar-refractivity contribution >= 4 is 11.6 Å². The highest BCUT2D eigenvalue weighted by atomic mass is 19.4. The first-order valence-electron chi connectivity index (χ1n) is 11.4. The van der Waals surface area contributed by atoms with Gasteiger partial charge in [-0.2, -0.15) is 13.2 Å². The molecule has 1 aliphatic heterocycles. The molecular weight excluding hydrogens is 491 g/mol. The van der Waals surface area contributed by atoms with Crippen molar-refractivity contribution in [2.75, 3.05) is 19.5 Å². The number of carbonyl (C=O) groups is 1. The van der Waals surface area contributed by atoms with Crippen LogP contribution in [0, 0.1) is 0 Å². The van der Waals surface area contributed by atoms with Crippen LogP contribution < -0.4 is 26.0 Å². The molecule has 11 heteroatoms. The highest BCUT2D eigenvalue weighted by Crippen LogP contribution is 2.47. The molecule has 0 saturated heterocycles. The number of halogens is 3. The van der Waals surface area contributed by atoms with Gasteiger partial charge >= 0.3 is 11.9 Å². The Bertz CT molecular complexity index is 1540. The second-order valence-corrected chi connectivity index (χ2v) is 8.91. The van der Waals surface area contributed by atoms with Gasteiger partial charge in [-0.25, -0.2) is 4.79 Å². The highest BCUT2D eigenvalue weighted by Gasteiger charge is 2.41. The summed E-state index contributed by atoms with van der Waals surface area (Å²) in [5.41, 5.74) is -0.303. The van der Waals surface area contributed by atoms with E-state index in [-0.39, 0.29) is 29.5 Å². The first-order valence-corrected chi connectivity index (χ1v) is 11.4. The first kappa shape index (κ1) is 24.4. The van der Waals surface area contributed by atoms with E-state index >= 15 is 0 Å². The van der Waals surface area contributed by atoms with Gasteiger partial charge in [0.25, 0.3) is 5.56 Å². The number of aromatic nitrogens is 2. The molecule has 0 radical (unpaired) electrons. The molecule has 3 N–H and O–H groups in total. The van der Waals surface area contributed by atoms with Crippen LogP contribution in [0.1, 0.15) is 46.9 Å². The maximum atomic E-state index is 13.6. The summed E-state index contributed by atoms with van der Waals surface area (Å²) in [5, 5.41) is 3.04. The topological polar surface area (TPSA) is 113 Å². The number of anilines is 1. The van der Waals surface area contributed by atoms with Gasteiger partial charge in [-0.3, -0.25) is 19.6 Å². The Morgan fingerprint density at radius 2 is 1.54 bits per heavy atom. The lowest BCUT2D eigenvalue weighted by Crippen LogP contribution is -2.37. The Labute approximate surface area is 208 Å². The zero-order valence-corrected chi connectivity index (χ0v) is 19.8. The van der Waals surface area contributed by atoms with Gasteiger partial charge in [0.1, 0.15) is 5.82 Å². The van der Waals surface area contributed by atoms with E-state index in [4.69, 9.17) is 9.47 Å². The van der Waals surface area contributed by atoms with Gasteiger partial charge < -0.3 is 14.8 Å². The minimum atomic E-state index is -4.54. The molecule has 192 valence electrons. The largest absolute Gasteiger partial charge is 0.493 e. The van der Waals surface area contributed by atoms with Crippen molar-refractivity contribution in [2.24, 2.45) is 0 Å². The standard InChI is InChI=1S/C26H22F3N3O5/c1-36-18-8-5-13(11-19(18)37-2)14-9-16-21(17(33)10-14)20(12-3-6-15(7-4-12)26(27,28)29)22-23(30-16)31-25(35)32-24(22)34/h3-8,11,14,20H,9-10H2,1-2H3,(H3,30,31,32,34,35)/t14-,20+/m1/s1. The van der Waals surface area contributed by atoms with E-state index in [0.717, 1.165) is 17.7 Å². The summed E-state index contributed by atoms with van der Waals surface area (Å²) in [4.78, 5) is 43.1. The fraction of sp³-hybridized carbons (Fsp3) is 0.269. The van der Waals surface area contributed by atoms with Crippen molar-refractivity contribution in [3.63, 3.8) is 0 Å². The molecule has 1 aliphatic carbocycles. The second kappa shape index (κ2) is 8.99. The number of ether oxygens (including phenoxy) is 2. The predicted molar refractivity (Wildman–Crippen MR) is 128 cm³/mol. The molecule has 5 rings (SSSR count). The quantitative estimate of drug-likeness (QED) is 0.485. The van der Waals surface area contributed by atoms with E-state index < -0.39 is 28.9 Å². The van der Waals surface area contributed by atoms with Gasteiger partial charge in [-0.05, 0) is 47.7 Å². The molecule has 0 fully saturated rings. The SMILES string of the molecule is COc1ccc([C@H]2CC(=O)C3=C(C2)Nc2[nH]c(=O)[nH]c(=O)c2[C@H]3c2ccc(C(F)(F)F)cc2)cc1OC. The van der Waals surface area contributed by atoms with E-state index in [0.29, 0.717) is 34.8 Å². The third-order valence-corrected chi connectivity index (χ3v) is 6.79. The maximum Gasteiger partial charge on any atom is 0.416 e. The third kappa shape index (κ3) is 4.30. The summed E-state index contributed by atoms with van der Waals surface area (Å²) in [7, 11) is 3.03. The predicted octanol–water partition coefficient (Wildman–Crippen LogP) is 4.06. The number of hydrogen-bond donors (Lipinski definition) is 3. The zero-order valence-electron chi connectivity index (χ0n) is 19.8. The molecule has 3 aromatic rings. The number of carbonyl (C=O) groups excluding carboxylic acids is 1. The van der Waals surface area contributed by atoms with Crippen molar-refractivity contribution in [1.29, 1.82) is 0 Å². The minimum Gasteiger partial charge on any atom is -0.493 e. The third-order valence-electron chi connectivity index (χ3n) is 6.79. The lowest BCUT2D eigenvalue weighted by molar-refractivity contribution is -0.137. The number of fused-ring (bicyclic) bond motifs is 1. The smallest absolute Gasteiger partial charge is 0.416 e. The molecule has 2 aromatic carbocycles. The van der Waals surface area contributed by atoms with Crippen LogP contribution in [-0.4, -0.2) is 30.0 Å². The van der Waals surface area contributed by atoms with Gasteiger partial charge in [-0.1, -0.05) is 18.2 Å². The van der Waals surface area contributed by atoms with Crippen LogP contribution >= 0.6 is 0 Å². The molecule has 0 unspecified atom stereocenters. The molecule has 0 bridgehead atoms. The lowest BCUT2D eigenvalue weighted by Gasteiger charge is -2.35. The van der Waals surface area contributed by atoms with E-state index in [2.05, 4.69) is 15.3 Å². The molecule has 2 atom stereocenters. The number of rotatable bonds is 4. The fourth-order valence-electron chi connectivity index (χ4n) is 5.09. The van der Waals surface area contributed by atoms with Gasteiger partial charge in [0, 0.05) is 23.6 Å². The van der Waals surface area contributed by atoms with Gasteiger partial charge in [-0.15, -0.1) is 0 Å². The second-order valence-electron chi connectivity index (χ2n) is 8.91. The van der Waals surface area contributed by atoms with Crippen LogP contribution in [0.15, 0.2) is 63.3 Å². The Balaban J connectivity index is 1.62. The molecular formula is C26H22F3N3O5. The number of aromatic amines is 2. The zero-order chi connectivity index (χ0) is 26.5. The van der Waals surface area contributed by atoms with Gasteiger partial charge in [0.05, 0.1) is 25.3 Å². The number of Topliss-reactive ketones (excluding diaryl/α,β-unsaturated/α-hetero) is 1. The average Bonchev–Trinajstić information content (AvgIpc) is 2.86. The van der Waals surface area contributed by atoms with Crippen molar-refractivity contribution in [1.82, 2.24) is 9.97 Å². The van der Waals surface area contributed by atoms with Crippen molar-refractivity contribution < 1.29 is 27.4 Å². The average molecular weight is 513 g/mol. The van der Waals surface area contributed by atoms with E-state index in [1.54, 1.807) is 12.1 Å². The Morgan fingerprint density at radius 3 is 2.19 bits per heavy atom. The number of H-pyrrole nitrogens is 2. The molecule has 0 spiro atoms. The van der Waals surface area contributed by atoms with Crippen LogP contribution in [0.5, 0.6) is 11.5 Å². The van der Waals surface area contributed by atoms with Crippen LogP contribution in [0.2, 0.25) is 0 Å². The number of methoxy groups -OCH3 is 2. The monoisotopic (exact) mass is 513 g/mol. The molecule has 0 amide bonds. The van der Waals surface area contributed by atoms with Crippen LogP contribution in [-0.2, 0) is 11.0 Å². The maximum absolute atomic E-state index is 13.6. The Hall–Kier alpha value is -4.28. The summed E-state index contributed by atoms with van der Waals surface area (Å²) >= 11 is 0. The molecule has 2 heterocycles. The Morgan fingerprint density at radius 1 is 0.865 bits per heavy atom. The van der Waals surface area contributed by atoms with E-state index in [1.807, 2.05) is 6.07 Å². The number of allylic oxidation sites excluding steroid dienone is 2. The van der Waals surface area contributed by atoms with Crippen molar-refractivity contribution in [2.45, 2.75) is 30.9 Å². The summed E-state index contributed by atoms with van der Waals surface area (Å²) in [6, 6.07) is 9.71. The highest BCUT2D eigenvalue weighted by molar-refractivity contribution is 6.01. The van der Waals surface area contributed by atoms with Crippen LogP contribution in [0.4, 0.5) is 19.0 Å². The summed E-state index contributed by atoms with van der Waals surface area (Å²) in [6.07, 6.45) is -4.06. The van der Waals surface area contributed by atoms with Gasteiger partial charge in [0.15, 0.2) is 17.3 Å². The van der Waals surface area contributed by atoms with Crippen LogP contribution in [0.3, 0.4) is 0 Å². The number of hydrogen-bond acceptors (Lipinski definition) is 6. The number of nitrogens with one attached hydrogen (secondary N) is 3. The molecule has 37 heavy (non-hydrogen) atoms. The fourth-order valence-corrected chi connectivity index (χ4v) is 5.09. The van der Waals surface area contributed by atoms with E-state index in [9.17, 15) is 27.6 Å². The van der Waals surface area contributed by atoms with E-state index in [1.165, 1.54) is 26.4 Å².